The van der Waals surface area contributed by atoms with Crippen LogP contribution in [0.3, 0.4) is 0 Å². The number of rotatable bonds is 8. The molecule has 1 aliphatic heterocycles. The smallest absolute Gasteiger partial charge is 0.283 e. The molecule has 7 nitrogen and oxygen atoms in total. The Hall–Kier alpha value is -1.70. The molecule has 25 heavy (non-hydrogen) atoms. The van der Waals surface area contributed by atoms with Crippen LogP contribution in [0.4, 0.5) is 0 Å². The van der Waals surface area contributed by atoms with Crippen molar-refractivity contribution in [2.75, 3.05) is 39.4 Å². The first-order valence-corrected chi connectivity index (χ1v) is 9.12. The molecule has 0 N–H and O–H groups in total. The molecule has 2 aromatic rings. The van der Waals surface area contributed by atoms with Crippen LogP contribution in [-0.2, 0) is 11.3 Å². The normalized spacial score (nSPS) is 19.6. The summed E-state index contributed by atoms with van der Waals surface area (Å²) in [6, 6.07) is 2.44. The Kier molecular flexibility index (Phi) is 6.23. The maximum Gasteiger partial charge on any atom is 0.283 e. The number of furan rings is 1. The minimum Gasteiger partial charge on any atom is -0.459 e. The van der Waals surface area contributed by atoms with E-state index in [1.807, 2.05) is 19.9 Å². The number of ether oxygens (including phenoxy) is 1. The van der Waals surface area contributed by atoms with E-state index in [0.29, 0.717) is 30.1 Å². The van der Waals surface area contributed by atoms with Gasteiger partial charge in [0.1, 0.15) is 0 Å². The molecule has 1 fully saturated rings. The fourth-order valence-corrected chi connectivity index (χ4v) is 3.30. The van der Waals surface area contributed by atoms with Gasteiger partial charge in [0.2, 0.25) is 5.89 Å². The standard InChI is InChI=1S/C18H28N4O3/c1-4-15-12-21(7-8-22(15)9-11-23-5-2)13-16-19-20-18(25-16)17-14(3)6-10-24-17/h6,10,15H,4-5,7-9,11-13H2,1-3H3/t15-/m0/s1. The van der Waals surface area contributed by atoms with Gasteiger partial charge in [-0.15, -0.1) is 10.2 Å². The quantitative estimate of drug-likeness (QED) is 0.679. The van der Waals surface area contributed by atoms with Crippen LogP contribution in [0.2, 0.25) is 0 Å². The van der Waals surface area contributed by atoms with E-state index >= 15 is 0 Å². The monoisotopic (exact) mass is 348 g/mol. The van der Waals surface area contributed by atoms with Crippen molar-refractivity contribution < 1.29 is 13.6 Å². The maximum atomic E-state index is 5.80. The summed E-state index contributed by atoms with van der Waals surface area (Å²) in [5.74, 6) is 1.76. The molecule has 138 valence electrons. The molecule has 0 aromatic carbocycles. The molecule has 0 bridgehead atoms. The average Bonchev–Trinajstić information content (AvgIpc) is 3.24. The molecule has 0 saturated carbocycles. The maximum absolute atomic E-state index is 5.80. The van der Waals surface area contributed by atoms with Crippen LogP contribution in [0.1, 0.15) is 31.7 Å². The van der Waals surface area contributed by atoms with Crippen LogP contribution in [-0.4, -0.2) is 65.4 Å². The van der Waals surface area contributed by atoms with E-state index in [0.717, 1.165) is 51.4 Å². The predicted octanol–water partition coefficient (Wildman–Crippen LogP) is 2.57. The summed E-state index contributed by atoms with van der Waals surface area (Å²) in [5.41, 5.74) is 1.00. The highest BCUT2D eigenvalue weighted by atomic mass is 16.5. The molecular formula is C18H28N4O3. The van der Waals surface area contributed by atoms with Gasteiger partial charge in [0, 0.05) is 44.4 Å². The molecule has 1 aliphatic rings. The van der Waals surface area contributed by atoms with E-state index in [-0.39, 0.29) is 0 Å². The van der Waals surface area contributed by atoms with Crippen molar-refractivity contribution in [1.29, 1.82) is 0 Å². The van der Waals surface area contributed by atoms with Crippen LogP contribution in [0.15, 0.2) is 21.2 Å². The summed E-state index contributed by atoms with van der Waals surface area (Å²) >= 11 is 0. The lowest BCUT2D eigenvalue weighted by molar-refractivity contribution is 0.0357. The molecule has 3 heterocycles. The summed E-state index contributed by atoms with van der Waals surface area (Å²) < 4.78 is 16.7. The minimum absolute atomic E-state index is 0.458. The van der Waals surface area contributed by atoms with Crippen LogP contribution >= 0.6 is 0 Å². The van der Waals surface area contributed by atoms with Crippen molar-refractivity contribution >= 4 is 0 Å². The van der Waals surface area contributed by atoms with Crippen LogP contribution in [0.25, 0.3) is 11.7 Å². The summed E-state index contributed by atoms with van der Waals surface area (Å²) in [6.07, 6.45) is 2.77. The highest BCUT2D eigenvalue weighted by molar-refractivity contribution is 5.49. The van der Waals surface area contributed by atoms with Crippen molar-refractivity contribution in [3.63, 3.8) is 0 Å². The van der Waals surface area contributed by atoms with Crippen LogP contribution in [0.5, 0.6) is 0 Å². The Balaban J connectivity index is 1.56. The number of hydrogen-bond donors (Lipinski definition) is 0. The number of hydrogen-bond acceptors (Lipinski definition) is 7. The Labute approximate surface area is 148 Å². The van der Waals surface area contributed by atoms with Crippen molar-refractivity contribution in [3.8, 4) is 11.7 Å². The highest BCUT2D eigenvalue weighted by Crippen LogP contribution is 2.23. The molecule has 0 spiro atoms. The predicted molar refractivity (Wildman–Crippen MR) is 94.2 cm³/mol. The number of nitrogens with zero attached hydrogens (tertiary/aromatic N) is 4. The highest BCUT2D eigenvalue weighted by Gasteiger charge is 2.26. The van der Waals surface area contributed by atoms with E-state index < -0.39 is 0 Å². The van der Waals surface area contributed by atoms with Gasteiger partial charge in [-0.3, -0.25) is 9.80 Å². The van der Waals surface area contributed by atoms with E-state index in [2.05, 4.69) is 26.9 Å². The number of aryl methyl sites for hydroxylation is 1. The fraction of sp³-hybridized carbons (Fsp3) is 0.667. The van der Waals surface area contributed by atoms with E-state index in [1.54, 1.807) is 6.26 Å². The first-order valence-electron chi connectivity index (χ1n) is 9.12. The molecule has 1 saturated heterocycles. The zero-order chi connectivity index (χ0) is 17.6. The summed E-state index contributed by atoms with van der Waals surface area (Å²) in [6.45, 7) is 12.6. The van der Waals surface area contributed by atoms with Crippen molar-refractivity contribution in [2.45, 2.75) is 39.8 Å². The minimum atomic E-state index is 0.458. The Bertz CT molecular complexity index is 654. The molecule has 7 heteroatoms. The number of aromatic nitrogens is 2. The second kappa shape index (κ2) is 8.60. The lowest BCUT2D eigenvalue weighted by Gasteiger charge is -2.40. The molecule has 3 rings (SSSR count). The average molecular weight is 348 g/mol. The molecule has 0 unspecified atom stereocenters. The first-order chi connectivity index (χ1) is 12.2. The SMILES string of the molecule is CCOCCN1CCN(Cc2nnc(-c3occc3C)o2)C[C@@H]1CC. The van der Waals surface area contributed by atoms with Gasteiger partial charge >= 0.3 is 0 Å². The lowest BCUT2D eigenvalue weighted by atomic mass is 10.1. The van der Waals surface area contributed by atoms with Gasteiger partial charge in [-0.05, 0) is 26.3 Å². The van der Waals surface area contributed by atoms with E-state index in [9.17, 15) is 0 Å². The second-order valence-electron chi connectivity index (χ2n) is 6.46. The van der Waals surface area contributed by atoms with Crippen molar-refractivity contribution in [1.82, 2.24) is 20.0 Å². The van der Waals surface area contributed by atoms with Gasteiger partial charge in [-0.1, -0.05) is 6.92 Å². The van der Waals surface area contributed by atoms with Gasteiger partial charge < -0.3 is 13.6 Å². The fourth-order valence-electron chi connectivity index (χ4n) is 3.30. The van der Waals surface area contributed by atoms with Gasteiger partial charge in [0.05, 0.1) is 19.4 Å². The van der Waals surface area contributed by atoms with Crippen molar-refractivity contribution in [3.05, 3.63) is 23.8 Å². The Morgan fingerprint density at radius 3 is 2.88 bits per heavy atom. The first kappa shape index (κ1) is 18.1. The molecular weight excluding hydrogens is 320 g/mol. The molecule has 0 aliphatic carbocycles. The summed E-state index contributed by atoms with van der Waals surface area (Å²) in [4.78, 5) is 4.91. The molecule has 0 amide bonds. The Morgan fingerprint density at radius 1 is 1.28 bits per heavy atom. The van der Waals surface area contributed by atoms with E-state index in [4.69, 9.17) is 13.6 Å². The third kappa shape index (κ3) is 4.48. The van der Waals surface area contributed by atoms with Crippen LogP contribution in [0, 0.1) is 6.92 Å². The Morgan fingerprint density at radius 2 is 2.16 bits per heavy atom. The molecule has 0 radical (unpaired) electrons. The second-order valence-corrected chi connectivity index (χ2v) is 6.46. The summed E-state index contributed by atoms with van der Waals surface area (Å²) in [7, 11) is 0. The zero-order valence-corrected chi connectivity index (χ0v) is 15.4. The van der Waals surface area contributed by atoms with Crippen LogP contribution < -0.4 is 0 Å². The third-order valence-corrected chi connectivity index (χ3v) is 4.77. The van der Waals surface area contributed by atoms with Crippen molar-refractivity contribution in [2.24, 2.45) is 0 Å². The molecule has 1 atom stereocenters. The van der Waals surface area contributed by atoms with Gasteiger partial charge in [-0.25, -0.2) is 0 Å². The van der Waals surface area contributed by atoms with Gasteiger partial charge in [0.15, 0.2) is 5.76 Å². The lowest BCUT2D eigenvalue weighted by Crippen LogP contribution is -2.53. The van der Waals surface area contributed by atoms with Gasteiger partial charge in [-0.2, -0.15) is 0 Å². The van der Waals surface area contributed by atoms with E-state index in [1.165, 1.54) is 0 Å². The van der Waals surface area contributed by atoms with Gasteiger partial charge in [0.25, 0.3) is 5.89 Å². The topological polar surface area (TPSA) is 67.8 Å². The third-order valence-electron chi connectivity index (χ3n) is 4.77. The zero-order valence-electron chi connectivity index (χ0n) is 15.4. The summed E-state index contributed by atoms with van der Waals surface area (Å²) in [5, 5.41) is 8.31. The largest absolute Gasteiger partial charge is 0.459 e. The molecule has 2 aromatic heterocycles. The number of piperazine rings is 1.